The number of benzene rings is 6. The van der Waals surface area contributed by atoms with Crippen LogP contribution in [-0.4, -0.2) is 14.5 Å². The van der Waals surface area contributed by atoms with Crippen molar-refractivity contribution in [2.45, 2.75) is 12.4 Å². The Hall–Kier alpha value is -6.73. The zero-order valence-electron chi connectivity index (χ0n) is 27.4. The van der Waals surface area contributed by atoms with Gasteiger partial charge in [-0.05, 0) is 59.7 Å². The van der Waals surface area contributed by atoms with Crippen molar-refractivity contribution in [2.24, 2.45) is 0 Å². The van der Waals surface area contributed by atoms with E-state index in [1.54, 1.807) is 24.3 Å². The smallest absolute Gasteiger partial charge is 0.308 e. The molecule has 2 heterocycles. The van der Waals surface area contributed by atoms with Gasteiger partial charge in [-0.15, -0.1) is 0 Å². The van der Waals surface area contributed by atoms with Gasteiger partial charge < -0.3 is 4.57 Å². The maximum atomic E-state index is 14.3. The summed E-state index contributed by atoms with van der Waals surface area (Å²) in [6.45, 7) is 0. The van der Waals surface area contributed by atoms with Gasteiger partial charge in [0.05, 0.1) is 50.9 Å². The van der Waals surface area contributed by atoms with Crippen molar-refractivity contribution in [3.63, 3.8) is 0 Å². The van der Waals surface area contributed by atoms with E-state index in [9.17, 15) is 31.6 Å². The maximum Gasteiger partial charge on any atom is 0.417 e. The summed E-state index contributed by atoms with van der Waals surface area (Å²) < 4.78 is 85.5. The molecule has 4 nitrogen and oxygen atoms in total. The predicted molar refractivity (Wildman–Crippen MR) is 193 cm³/mol. The van der Waals surface area contributed by atoms with E-state index in [-0.39, 0.29) is 11.6 Å². The van der Waals surface area contributed by atoms with Crippen LogP contribution in [0.1, 0.15) is 16.7 Å². The number of nitriles is 1. The summed E-state index contributed by atoms with van der Waals surface area (Å²) in [4.78, 5) is 9.99. The highest BCUT2D eigenvalue weighted by atomic mass is 19.4. The molecular weight excluding hydrogens is 686 g/mol. The van der Waals surface area contributed by atoms with Gasteiger partial charge in [0.2, 0.25) is 0 Å². The van der Waals surface area contributed by atoms with Crippen LogP contribution in [0.25, 0.3) is 72.5 Å². The number of rotatable bonds is 5. The van der Waals surface area contributed by atoms with Crippen molar-refractivity contribution in [1.29, 1.82) is 5.26 Å². The fourth-order valence-corrected chi connectivity index (χ4v) is 6.66. The van der Waals surface area contributed by atoms with Crippen molar-refractivity contribution in [3.8, 4) is 56.8 Å². The van der Waals surface area contributed by atoms with Crippen LogP contribution >= 0.6 is 0 Å². The molecule has 258 valence electrons. The zero-order chi connectivity index (χ0) is 36.9. The van der Waals surface area contributed by atoms with Gasteiger partial charge in [-0.1, -0.05) is 97.1 Å². The number of para-hydroxylation sites is 1. The molecule has 8 aromatic rings. The van der Waals surface area contributed by atoms with Crippen LogP contribution in [0, 0.1) is 11.3 Å². The highest BCUT2D eigenvalue weighted by molar-refractivity contribution is 6.10. The molecule has 0 unspecified atom stereocenters. The minimum Gasteiger partial charge on any atom is -0.308 e. The van der Waals surface area contributed by atoms with E-state index in [0.717, 1.165) is 22.6 Å². The highest BCUT2D eigenvalue weighted by Gasteiger charge is 2.38. The fraction of sp³-hybridized carbons (Fsp3) is 0.0465. The Bertz CT molecular complexity index is 2650. The molecule has 0 spiro atoms. The second kappa shape index (κ2) is 12.8. The van der Waals surface area contributed by atoms with Gasteiger partial charge in [0.25, 0.3) is 0 Å². The monoisotopic (exact) mass is 710 g/mol. The molecule has 0 aliphatic heterocycles. The Morgan fingerprint density at radius 2 is 1.11 bits per heavy atom. The average Bonchev–Trinajstić information content (AvgIpc) is 3.50. The van der Waals surface area contributed by atoms with Crippen LogP contribution in [-0.2, 0) is 12.4 Å². The lowest BCUT2D eigenvalue weighted by Gasteiger charge is -2.17. The third-order valence-corrected chi connectivity index (χ3v) is 9.11. The Balaban J connectivity index is 1.42. The van der Waals surface area contributed by atoms with Crippen molar-refractivity contribution < 1.29 is 26.3 Å². The average molecular weight is 711 g/mol. The summed E-state index contributed by atoms with van der Waals surface area (Å²) in [6, 6.07) is 42.0. The lowest BCUT2D eigenvalue weighted by atomic mass is 9.96. The first-order valence-corrected chi connectivity index (χ1v) is 16.4. The van der Waals surface area contributed by atoms with E-state index >= 15 is 0 Å². The van der Waals surface area contributed by atoms with Gasteiger partial charge in [0.15, 0.2) is 5.82 Å². The van der Waals surface area contributed by atoms with Crippen molar-refractivity contribution in [2.75, 3.05) is 0 Å². The van der Waals surface area contributed by atoms with Gasteiger partial charge in [0, 0.05) is 27.5 Å². The van der Waals surface area contributed by atoms with Crippen molar-refractivity contribution in [1.82, 2.24) is 14.5 Å². The Morgan fingerprint density at radius 3 is 1.74 bits per heavy atom. The van der Waals surface area contributed by atoms with Crippen molar-refractivity contribution in [3.05, 3.63) is 162 Å². The predicted octanol–water partition coefficient (Wildman–Crippen LogP) is 12.2. The molecule has 0 radical (unpaired) electrons. The summed E-state index contributed by atoms with van der Waals surface area (Å²) in [5.41, 5.74) is 2.36. The van der Waals surface area contributed by atoms with Gasteiger partial charge in [-0.3, -0.25) is 0 Å². The van der Waals surface area contributed by atoms with Crippen LogP contribution in [0.5, 0.6) is 0 Å². The molecule has 53 heavy (non-hydrogen) atoms. The van der Waals surface area contributed by atoms with Crippen LogP contribution < -0.4 is 0 Å². The van der Waals surface area contributed by atoms with Crippen LogP contribution in [0.2, 0.25) is 0 Å². The molecular formula is C43H24F6N4. The molecule has 0 fully saturated rings. The van der Waals surface area contributed by atoms with E-state index in [0.29, 0.717) is 56.5 Å². The molecule has 0 atom stereocenters. The third kappa shape index (κ3) is 6.16. The molecule has 2 aromatic heterocycles. The van der Waals surface area contributed by atoms with E-state index in [1.807, 2.05) is 95.6 Å². The molecule has 0 N–H and O–H groups in total. The molecule has 0 bridgehead atoms. The Morgan fingerprint density at radius 1 is 0.509 bits per heavy atom. The number of aromatic nitrogens is 3. The second-order valence-corrected chi connectivity index (χ2v) is 12.4. The third-order valence-electron chi connectivity index (χ3n) is 9.11. The van der Waals surface area contributed by atoms with E-state index in [2.05, 4.69) is 6.07 Å². The lowest BCUT2D eigenvalue weighted by Crippen LogP contribution is -2.12. The zero-order valence-corrected chi connectivity index (χ0v) is 27.4. The number of fused-ring (bicyclic) bond motifs is 3. The second-order valence-electron chi connectivity index (χ2n) is 12.4. The summed E-state index contributed by atoms with van der Waals surface area (Å²) in [5, 5.41) is 11.5. The first-order chi connectivity index (χ1) is 25.5. The van der Waals surface area contributed by atoms with Gasteiger partial charge in [0.1, 0.15) is 0 Å². The van der Waals surface area contributed by atoms with Gasteiger partial charge in [-0.2, -0.15) is 31.6 Å². The maximum absolute atomic E-state index is 14.3. The number of nitrogens with zero attached hydrogens (tertiary/aromatic N) is 4. The van der Waals surface area contributed by atoms with E-state index in [1.165, 1.54) is 12.1 Å². The summed E-state index contributed by atoms with van der Waals surface area (Å²) >= 11 is 0. The summed E-state index contributed by atoms with van der Waals surface area (Å²) in [5.74, 6) is 0.342. The summed E-state index contributed by atoms with van der Waals surface area (Å²) in [6.07, 6.45) is -10.0. The molecule has 0 aliphatic carbocycles. The first-order valence-electron chi connectivity index (χ1n) is 16.4. The lowest BCUT2D eigenvalue weighted by molar-refractivity contribution is -0.142. The SMILES string of the molecule is N#Cc1ccc(-c2nc(-c3ccccc3)cc(-c3ccccc3)n2)c(-n2c3ccccc3c3ccc(-c4ccc(C(F)(F)F)cc4C(F)(F)F)cc32)c1. The van der Waals surface area contributed by atoms with E-state index < -0.39 is 29.0 Å². The van der Waals surface area contributed by atoms with Gasteiger partial charge >= 0.3 is 12.4 Å². The molecule has 0 amide bonds. The molecule has 8 rings (SSSR count). The number of alkyl halides is 6. The van der Waals surface area contributed by atoms with Crippen LogP contribution in [0.15, 0.2) is 146 Å². The van der Waals surface area contributed by atoms with Crippen molar-refractivity contribution >= 4 is 21.8 Å². The quantitative estimate of drug-likeness (QED) is 0.167. The first kappa shape index (κ1) is 33.4. The fourth-order valence-electron chi connectivity index (χ4n) is 6.66. The van der Waals surface area contributed by atoms with Gasteiger partial charge in [-0.25, -0.2) is 9.97 Å². The molecule has 6 aromatic carbocycles. The number of halogens is 6. The van der Waals surface area contributed by atoms with Crippen LogP contribution in [0.4, 0.5) is 26.3 Å². The molecule has 10 heteroatoms. The number of hydrogen-bond acceptors (Lipinski definition) is 3. The van der Waals surface area contributed by atoms with Crippen LogP contribution in [0.3, 0.4) is 0 Å². The molecule has 0 saturated heterocycles. The largest absolute Gasteiger partial charge is 0.417 e. The highest BCUT2D eigenvalue weighted by Crippen LogP contribution is 2.43. The molecule has 0 saturated carbocycles. The minimum atomic E-state index is -5.07. The minimum absolute atomic E-state index is 0.0642. The van der Waals surface area contributed by atoms with E-state index in [4.69, 9.17) is 9.97 Å². The molecule has 0 aliphatic rings. The summed E-state index contributed by atoms with van der Waals surface area (Å²) in [7, 11) is 0. The Labute approximate surface area is 298 Å². The standard InChI is InChI=1S/C43H24F6N4/c44-42(45,46)30-17-20-31(35(23-30)43(47,48)49)29-16-19-33-32-13-7-8-14-38(32)53(40(33)22-29)39-21-26(25-50)15-18-34(39)41-51-36(27-9-3-1-4-10-27)24-37(52-41)28-11-5-2-6-12-28/h1-24H. The Kier molecular flexibility index (Phi) is 8.07. The normalized spacial score (nSPS) is 11.9. The number of hydrogen-bond donors (Lipinski definition) is 0. The topological polar surface area (TPSA) is 54.5 Å².